The minimum atomic E-state index is -0.475. The summed E-state index contributed by atoms with van der Waals surface area (Å²) in [4.78, 5) is 19.9. The topological polar surface area (TPSA) is 76.1 Å². The third-order valence-corrected chi connectivity index (χ3v) is 2.42. The van der Waals surface area contributed by atoms with Crippen LogP contribution in [0.4, 0.5) is 10.7 Å². The smallest absolute Gasteiger partial charge is 0.407 e. The van der Waals surface area contributed by atoms with Gasteiger partial charge >= 0.3 is 6.09 Å². The van der Waals surface area contributed by atoms with E-state index in [0.29, 0.717) is 12.5 Å². The zero-order valence-electron chi connectivity index (χ0n) is 12.9. The van der Waals surface area contributed by atoms with Crippen LogP contribution < -0.4 is 10.6 Å². The highest BCUT2D eigenvalue weighted by Gasteiger charge is 2.17. The zero-order valence-corrected chi connectivity index (χ0v) is 12.9. The summed E-state index contributed by atoms with van der Waals surface area (Å²) in [6.07, 6.45) is 2.08. The van der Waals surface area contributed by atoms with E-state index in [-0.39, 0.29) is 6.04 Å². The molecule has 0 fully saturated rings. The summed E-state index contributed by atoms with van der Waals surface area (Å²) in [6, 6.07) is 1.86. The van der Waals surface area contributed by atoms with Gasteiger partial charge in [0.1, 0.15) is 5.60 Å². The van der Waals surface area contributed by atoms with Gasteiger partial charge in [0, 0.05) is 24.5 Å². The monoisotopic (exact) mass is 280 g/mol. The maximum Gasteiger partial charge on any atom is 0.407 e. The predicted octanol–water partition coefficient (Wildman–Crippen LogP) is 2.50. The van der Waals surface area contributed by atoms with Crippen molar-refractivity contribution >= 4 is 12.0 Å². The first-order valence-corrected chi connectivity index (χ1v) is 6.79. The van der Waals surface area contributed by atoms with Crippen molar-refractivity contribution in [2.45, 2.75) is 52.7 Å². The highest BCUT2D eigenvalue weighted by atomic mass is 16.6. The van der Waals surface area contributed by atoms with Crippen molar-refractivity contribution in [1.29, 1.82) is 0 Å². The number of carbonyl (C=O) groups is 1. The van der Waals surface area contributed by atoms with Crippen molar-refractivity contribution in [3.63, 3.8) is 0 Å². The number of amides is 1. The van der Waals surface area contributed by atoms with E-state index in [2.05, 4.69) is 20.6 Å². The Bertz CT molecular complexity index is 443. The molecule has 1 aromatic rings. The van der Waals surface area contributed by atoms with Crippen LogP contribution in [-0.2, 0) is 4.74 Å². The lowest BCUT2D eigenvalue weighted by Gasteiger charge is -2.22. The Hall–Kier alpha value is -1.85. The first kappa shape index (κ1) is 16.2. The van der Waals surface area contributed by atoms with Crippen LogP contribution in [-0.4, -0.2) is 34.2 Å². The van der Waals surface area contributed by atoms with Crippen LogP contribution in [0.3, 0.4) is 0 Å². The van der Waals surface area contributed by atoms with Crippen molar-refractivity contribution in [3.05, 3.63) is 18.0 Å². The highest BCUT2D eigenvalue weighted by molar-refractivity contribution is 5.68. The van der Waals surface area contributed by atoms with Gasteiger partial charge in [0.15, 0.2) is 0 Å². The van der Waals surface area contributed by atoms with Gasteiger partial charge in [-0.1, -0.05) is 0 Å². The van der Waals surface area contributed by atoms with Gasteiger partial charge in [-0.3, -0.25) is 0 Å². The molecule has 0 bridgehead atoms. The van der Waals surface area contributed by atoms with Crippen molar-refractivity contribution in [3.8, 4) is 0 Å². The van der Waals surface area contributed by atoms with E-state index in [1.54, 1.807) is 6.20 Å². The number of rotatable bonds is 5. The second-order valence-corrected chi connectivity index (χ2v) is 5.78. The number of ether oxygens (including phenoxy) is 1. The molecule has 6 heteroatoms. The first-order chi connectivity index (χ1) is 9.26. The number of aryl methyl sites for hydroxylation is 1. The van der Waals surface area contributed by atoms with E-state index in [1.165, 1.54) is 0 Å². The SMILES string of the molecule is Cc1ccnc(NCC[C@H](C)NC(=O)OC(C)(C)C)n1. The molecular weight excluding hydrogens is 256 g/mol. The number of anilines is 1. The summed E-state index contributed by atoms with van der Waals surface area (Å²) in [6.45, 7) is 10.1. The summed E-state index contributed by atoms with van der Waals surface area (Å²) < 4.78 is 5.19. The van der Waals surface area contributed by atoms with Crippen LogP contribution in [0.2, 0.25) is 0 Å². The lowest BCUT2D eigenvalue weighted by molar-refractivity contribution is 0.0507. The Morgan fingerprint density at radius 2 is 2.15 bits per heavy atom. The first-order valence-electron chi connectivity index (χ1n) is 6.79. The molecule has 0 aliphatic rings. The Morgan fingerprint density at radius 3 is 2.75 bits per heavy atom. The molecule has 1 atom stereocenters. The molecule has 0 aliphatic carbocycles. The fourth-order valence-electron chi connectivity index (χ4n) is 1.52. The van der Waals surface area contributed by atoms with E-state index in [0.717, 1.165) is 12.1 Å². The number of carbonyl (C=O) groups excluding carboxylic acids is 1. The van der Waals surface area contributed by atoms with Crippen molar-refractivity contribution in [1.82, 2.24) is 15.3 Å². The number of hydrogen-bond acceptors (Lipinski definition) is 5. The fourth-order valence-corrected chi connectivity index (χ4v) is 1.52. The van der Waals surface area contributed by atoms with Crippen molar-refractivity contribution in [2.75, 3.05) is 11.9 Å². The molecule has 1 heterocycles. The Balaban J connectivity index is 2.26. The maximum absolute atomic E-state index is 11.6. The van der Waals surface area contributed by atoms with Gasteiger partial charge in [-0.2, -0.15) is 0 Å². The van der Waals surface area contributed by atoms with Gasteiger partial charge in [-0.05, 0) is 47.1 Å². The third kappa shape index (κ3) is 6.92. The van der Waals surface area contributed by atoms with E-state index in [4.69, 9.17) is 4.74 Å². The standard InChI is InChI=1S/C14H24N4O2/c1-10-6-8-15-12(17-10)16-9-7-11(2)18-13(19)20-14(3,4)5/h6,8,11H,7,9H2,1-5H3,(H,18,19)(H,15,16,17)/t11-/m0/s1. The second-order valence-electron chi connectivity index (χ2n) is 5.78. The van der Waals surface area contributed by atoms with Crippen LogP contribution in [0.1, 0.15) is 39.8 Å². The zero-order chi connectivity index (χ0) is 15.2. The summed E-state index contributed by atoms with van der Waals surface area (Å²) >= 11 is 0. The minimum absolute atomic E-state index is 0.0159. The number of alkyl carbamates (subject to hydrolysis) is 1. The lowest BCUT2D eigenvalue weighted by atomic mass is 10.2. The Labute approximate surface area is 120 Å². The molecule has 1 aromatic heterocycles. The van der Waals surface area contributed by atoms with E-state index in [9.17, 15) is 4.79 Å². The van der Waals surface area contributed by atoms with Crippen LogP contribution in [0, 0.1) is 6.92 Å². The van der Waals surface area contributed by atoms with E-state index < -0.39 is 11.7 Å². The van der Waals surface area contributed by atoms with Crippen LogP contribution >= 0.6 is 0 Å². The molecule has 0 unspecified atom stereocenters. The number of nitrogens with zero attached hydrogens (tertiary/aromatic N) is 2. The molecule has 1 rings (SSSR count). The summed E-state index contributed by atoms with van der Waals surface area (Å²) in [5, 5.41) is 5.92. The van der Waals surface area contributed by atoms with Gasteiger partial charge in [0.05, 0.1) is 0 Å². The highest BCUT2D eigenvalue weighted by Crippen LogP contribution is 2.07. The van der Waals surface area contributed by atoms with Gasteiger partial charge in [-0.25, -0.2) is 14.8 Å². The van der Waals surface area contributed by atoms with Crippen LogP contribution in [0.15, 0.2) is 12.3 Å². The average molecular weight is 280 g/mol. The minimum Gasteiger partial charge on any atom is -0.444 e. The maximum atomic E-state index is 11.6. The molecule has 2 N–H and O–H groups in total. The molecule has 20 heavy (non-hydrogen) atoms. The molecule has 0 aliphatic heterocycles. The van der Waals surface area contributed by atoms with Gasteiger partial charge in [0.2, 0.25) is 5.95 Å². The summed E-state index contributed by atoms with van der Waals surface area (Å²) in [5.41, 5.74) is 0.444. The van der Waals surface area contributed by atoms with E-state index in [1.807, 2.05) is 40.7 Å². The fraction of sp³-hybridized carbons (Fsp3) is 0.643. The Kier molecular flexibility index (Phi) is 5.73. The normalized spacial score (nSPS) is 12.7. The van der Waals surface area contributed by atoms with Crippen molar-refractivity contribution < 1.29 is 9.53 Å². The largest absolute Gasteiger partial charge is 0.444 e. The molecule has 6 nitrogen and oxygen atoms in total. The average Bonchev–Trinajstić information content (AvgIpc) is 2.25. The molecule has 112 valence electrons. The van der Waals surface area contributed by atoms with Crippen LogP contribution in [0.5, 0.6) is 0 Å². The summed E-state index contributed by atoms with van der Waals surface area (Å²) in [7, 11) is 0. The number of nitrogens with one attached hydrogen (secondary N) is 2. The third-order valence-electron chi connectivity index (χ3n) is 2.42. The van der Waals surface area contributed by atoms with Gasteiger partial charge in [-0.15, -0.1) is 0 Å². The molecular formula is C14H24N4O2. The Morgan fingerprint density at radius 1 is 1.45 bits per heavy atom. The molecule has 0 aromatic carbocycles. The van der Waals surface area contributed by atoms with E-state index >= 15 is 0 Å². The lowest BCUT2D eigenvalue weighted by Crippen LogP contribution is -2.38. The molecule has 0 saturated heterocycles. The molecule has 0 saturated carbocycles. The summed E-state index contributed by atoms with van der Waals surface area (Å²) in [5.74, 6) is 0.606. The molecule has 0 spiro atoms. The predicted molar refractivity (Wildman–Crippen MR) is 78.7 cm³/mol. The van der Waals surface area contributed by atoms with Crippen LogP contribution in [0.25, 0.3) is 0 Å². The second kappa shape index (κ2) is 7.07. The number of hydrogen-bond donors (Lipinski definition) is 2. The van der Waals surface area contributed by atoms with Gasteiger partial charge < -0.3 is 15.4 Å². The molecule has 0 radical (unpaired) electrons. The quantitative estimate of drug-likeness (QED) is 0.866. The molecule has 1 amide bonds. The number of aromatic nitrogens is 2. The van der Waals surface area contributed by atoms with Crippen molar-refractivity contribution in [2.24, 2.45) is 0 Å². The van der Waals surface area contributed by atoms with Gasteiger partial charge in [0.25, 0.3) is 0 Å².